The van der Waals surface area contributed by atoms with Crippen LogP contribution in [-0.2, 0) is 0 Å². The Morgan fingerprint density at radius 2 is 1.95 bits per heavy atom. The van der Waals surface area contributed by atoms with E-state index in [1.807, 2.05) is 32.2 Å². The molecule has 0 radical (unpaired) electrons. The van der Waals surface area contributed by atoms with Crippen LogP contribution in [0.2, 0.25) is 0 Å². The molecule has 20 heavy (non-hydrogen) atoms. The second-order valence-corrected chi connectivity index (χ2v) is 6.19. The second-order valence-electron chi connectivity index (χ2n) is 6.19. The van der Waals surface area contributed by atoms with Crippen molar-refractivity contribution in [1.29, 1.82) is 0 Å². The molecule has 1 fully saturated rings. The number of hydrogen-bond acceptors (Lipinski definition) is 3. The summed E-state index contributed by atoms with van der Waals surface area (Å²) in [5.41, 5.74) is 0. The molecule has 1 N–H and O–H groups in total. The maximum atomic E-state index is 5.79. The molecule has 3 nitrogen and oxygen atoms in total. The lowest BCUT2D eigenvalue weighted by molar-refractivity contribution is 0.242. The van der Waals surface area contributed by atoms with Crippen molar-refractivity contribution in [2.24, 2.45) is 11.8 Å². The molecule has 0 spiro atoms. The first kappa shape index (κ1) is 15.1. The van der Waals surface area contributed by atoms with Gasteiger partial charge in [-0.25, -0.2) is 4.98 Å². The highest BCUT2D eigenvalue weighted by Gasteiger charge is 2.20. The van der Waals surface area contributed by atoms with E-state index in [2.05, 4.69) is 17.2 Å². The second kappa shape index (κ2) is 7.51. The first-order valence-electron chi connectivity index (χ1n) is 8.04. The zero-order chi connectivity index (χ0) is 14.4. The summed E-state index contributed by atoms with van der Waals surface area (Å²) in [7, 11) is 0. The molecule has 0 aliphatic heterocycles. The van der Waals surface area contributed by atoms with Gasteiger partial charge in [-0.2, -0.15) is 0 Å². The number of rotatable bonds is 6. The van der Waals surface area contributed by atoms with Gasteiger partial charge in [0.2, 0.25) is 0 Å². The van der Waals surface area contributed by atoms with Crippen molar-refractivity contribution in [3.63, 3.8) is 0 Å². The monoisotopic (exact) mass is 276 g/mol. The minimum atomic E-state index is 0.180. The largest absolute Gasteiger partial charge is 0.487 e. The number of pyridine rings is 1. The van der Waals surface area contributed by atoms with Crippen molar-refractivity contribution in [2.75, 3.05) is 11.9 Å². The Hall–Kier alpha value is -1.25. The van der Waals surface area contributed by atoms with Crippen LogP contribution >= 0.6 is 0 Å². The summed E-state index contributed by atoms with van der Waals surface area (Å²) in [4.78, 5) is 4.41. The number of aromatic nitrogens is 1. The third kappa shape index (κ3) is 4.39. The highest BCUT2D eigenvalue weighted by Crippen LogP contribution is 2.31. The zero-order valence-corrected chi connectivity index (χ0v) is 13.1. The number of nitrogens with one attached hydrogen (secondary N) is 1. The Labute approximate surface area is 123 Å². The van der Waals surface area contributed by atoms with Crippen molar-refractivity contribution in [3.05, 3.63) is 18.3 Å². The van der Waals surface area contributed by atoms with Gasteiger partial charge in [0.05, 0.1) is 6.10 Å². The predicted molar refractivity (Wildman–Crippen MR) is 84.2 cm³/mol. The predicted octanol–water partition coefficient (Wildman–Crippen LogP) is 4.50. The van der Waals surface area contributed by atoms with Crippen LogP contribution in [0.3, 0.4) is 0 Å². The standard InChI is InChI=1S/C17H28N2O/c1-4-14-7-9-15(10-8-14)12-19-17-16(20-13(2)3)6-5-11-18-17/h5-6,11,13-15H,4,7-10,12H2,1-3H3,(H,18,19). The molecule has 0 bridgehead atoms. The molecule has 1 aromatic rings. The average molecular weight is 276 g/mol. The van der Waals surface area contributed by atoms with Crippen molar-refractivity contribution < 1.29 is 4.74 Å². The Morgan fingerprint density at radius 1 is 1.25 bits per heavy atom. The van der Waals surface area contributed by atoms with E-state index in [9.17, 15) is 0 Å². The van der Waals surface area contributed by atoms with Gasteiger partial charge >= 0.3 is 0 Å². The summed E-state index contributed by atoms with van der Waals surface area (Å²) >= 11 is 0. The van der Waals surface area contributed by atoms with Gasteiger partial charge in [-0.15, -0.1) is 0 Å². The van der Waals surface area contributed by atoms with Crippen LogP contribution in [0, 0.1) is 11.8 Å². The molecule has 0 aromatic carbocycles. The topological polar surface area (TPSA) is 34.2 Å². The van der Waals surface area contributed by atoms with Crippen LogP contribution in [0.5, 0.6) is 5.75 Å². The molecule has 0 atom stereocenters. The van der Waals surface area contributed by atoms with E-state index in [4.69, 9.17) is 4.74 Å². The highest BCUT2D eigenvalue weighted by molar-refractivity contribution is 5.49. The number of nitrogens with zero attached hydrogens (tertiary/aromatic N) is 1. The summed E-state index contributed by atoms with van der Waals surface area (Å²) in [5, 5.41) is 3.49. The number of ether oxygens (including phenoxy) is 1. The lowest BCUT2D eigenvalue weighted by Gasteiger charge is -2.28. The van der Waals surface area contributed by atoms with Gasteiger partial charge in [-0.05, 0) is 50.7 Å². The van der Waals surface area contributed by atoms with Crippen LogP contribution in [0.15, 0.2) is 18.3 Å². The van der Waals surface area contributed by atoms with Gasteiger partial charge in [-0.1, -0.05) is 26.2 Å². The quantitative estimate of drug-likeness (QED) is 0.830. The van der Waals surface area contributed by atoms with Crippen LogP contribution in [-0.4, -0.2) is 17.6 Å². The first-order chi connectivity index (χ1) is 9.69. The fraction of sp³-hybridized carbons (Fsp3) is 0.706. The lowest BCUT2D eigenvalue weighted by Crippen LogP contribution is -2.21. The summed E-state index contributed by atoms with van der Waals surface area (Å²) in [5.74, 6) is 3.50. The van der Waals surface area contributed by atoms with Gasteiger partial charge in [0.25, 0.3) is 0 Å². The van der Waals surface area contributed by atoms with E-state index in [1.54, 1.807) is 0 Å². The lowest BCUT2D eigenvalue weighted by atomic mass is 9.81. The molecule has 0 saturated heterocycles. The molecular formula is C17H28N2O. The molecule has 1 aliphatic carbocycles. The van der Waals surface area contributed by atoms with E-state index in [-0.39, 0.29) is 6.10 Å². The Balaban J connectivity index is 1.85. The van der Waals surface area contributed by atoms with Crippen molar-refractivity contribution in [3.8, 4) is 5.75 Å². The van der Waals surface area contributed by atoms with E-state index in [1.165, 1.54) is 32.1 Å². The molecule has 0 unspecified atom stereocenters. The average Bonchev–Trinajstić information content (AvgIpc) is 2.46. The number of hydrogen-bond donors (Lipinski definition) is 1. The minimum absolute atomic E-state index is 0.180. The van der Waals surface area contributed by atoms with Gasteiger partial charge in [0.1, 0.15) is 0 Å². The van der Waals surface area contributed by atoms with Gasteiger partial charge in [-0.3, -0.25) is 0 Å². The van der Waals surface area contributed by atoms with E-state index in [0.717, 1.165) is 29.9 Å². The molecule has 112 valence electrons. The fourth-order valence-corrected chi connectivity index (χ4v) is 2.96. The van der Waals surface area contributed by atoms with Crippen LogP contribution < -0.4 is 10.1 Å². The molecular weight excluding hydrogens is 248 g/mol. The number of anilines is 1. The van der Waals surface area contributed by atoms with E-state index < -0.39 is 0 Å². The third-order valence-corrected chi connectivity index (χ3v) is 4.24. The fourth-order valence-electron chi connectivity index (χ4n) is 2.96. The first-order valence-corrected chi connectivity index (χ1v) is 8.04. The minimum Gasteiger partial charge on any atom is -0.487 e. The maximum Gasteiger partial charge on any atom is 0.168 e. The van der Waals surface area contributed by atoms with Crippen molar-refractivity contribution in [2.45, 2.75) is 59.0 Å². The SMILES string of the molecule is CCC1CCC(CNc2ncccc2OC(C)C)CC1. The Bertz CT molecular complexity index is 398. The van der Waals surface area contributed by atoms with Gasteiger partial charge in [0.15, 0.2) is 11.6 Å². The van der Waals surface area contributed by atoms with Crippen molar-refractivity contribution in [1.82, 2.24) is 4.98 Å². The summed E-state index contributed by atoms with van der Waals surface area (Å²) in [6.45, 7) is 7.42. The normalized spacial score (nSPS) is 22.8. The molecule has 1 heterocycles. The van der Waals surface area contributed by atoms with Crippen LogP contribution in [0.1, 0.15) is 52.9 Å². The van der Waals surface area contributed by atoms with Crippen LogP contribution in [0.25, 0.3) is 0 Å². The molecule has 0 amide bonds. The van der Waals surface area contributed by atoms with E-state index in [0.29, 0.717) is 0 Å². The molecule has 1 saturated carbocycles. The van der Waals surface area contributed by atoms with Gasteiger partial charge in [0, 0.05) is 12.7 Å². The zero-order valence-electron chi connectivity index (χ0n) is 13.1. The van der Waals surface area contributed by atoms with E-state index >= 15 is 0 Å². The van der Waals surface area contributed by atoms with Crippen molar-refractivity contribution >= 4 is 5.82 Å². The highest BCUT2D eigenvalue weighted by atomic mass is 16.5. The summed E-state index contributed by atoms with van der Waals surface area (Å²) < 4.78 is 5.79. The molecule has 2 rings (SSSR count). The summed E-state index contributed by atoms with van der Waals surface area (Å²) in [6, 6.07) is 3.92. The Kier molecular flexibility index (Phi) is 5.69. The Morgan fingerprint density at radius 3 is 2.60 bits per heavy atom. The molecule has 3 heteroatoms. The van der Waals surface area contributed by atoms with Crippen LogP contribution in [0.4, 0.5) is 5.82 Å². The summed E-state index contributed by atoms with van der Waals surface area (Å²) in [6.07, 6.45) is 8.81. The maximum absolute atomic E-state index is 5.79. The van der Waals surface area contributed by atoms with Gasteiger partial charge < -0.3 is 10.1 Å². The smallest absolute Gasteiger partial charge is 0.168 e. The third-order valence-electron chi connectivity index (χ3n) is 4.24. The molecule has 1 aliphatic rings. The molecule has 1 aromatic heterocycles.